The van der Waals surface area contributed by atoms with Gasteiger partial charge in [-0.15, -0.1) is 0 Å². The Labute approximate surface area is 151 Å². The van der Waals surface area contributed by atoms with E-state index in [9.17, 15) is 0 Å². The Bertz CT molecular complexity index is 376. The number of benzene rings is 2. The van der Waals surface area contributed by atoms with Crippen LogP contribution in [-0.2, 0) is 22.8 Å². The van der Waals surface area contributed by atoms with Gasteiger partial charge in [0, 0.05) is 0 Å². The van der Waals surface area contributed by atoms with E-state index in [1.165, 1.54) is 5.56 Å². The second-order valence-corrected chi connectivity index (χ2v) is 3.81. The molecule has 0 aromatic heterocycles. The summed E-state index contributed by atoms with van der Waals surface area (Å²) in [6.45, 7) is 1.08. The molecule has 0 amide bonds. The summed E-state index contributed by atoms with van der Waals surface area (Å²) in [7, 11) is 0. The summed E-state index contributed by atoms with van der Waals surface area (Å²) in [6.07, 6.45) is 0.871. The monoisotopic (exact) mass is 268 g/mol. The summed E-state index contributed by atoms with van der Waals surface area (Å²) >= 11 is 0. The van der Waals surface area contributed by atoms with Gasteiger partial charge in [-0.1, -0.05) is 60.7 Å². The normalized spacial score (nSPS) is 9.78. The average molecular weight is 268 g/mol. The van der Waals surface area contributed by atoms with Crippen LogP contribution in [0.15, 0.2) is 60.7 Å². The van der Waals surface area contributed by atoms with Gasteiger partial charge in [0.05, 0.1) is 6.61 Å². The molecule has 0 saturated heterocycles. The molecule has 0 bridgehead atoms. The third-order valence-corrected chi connectivity index (χ3v) is 2.47. The van der Waals surface area contributed by atoms with Crippen molar-refractivity contribution in [2.75, 3.05) is 6.61 Å². The second-order valence-electron chi connectivity index (χ2n) is 3.81. The maximum atomic E-state index is 5.14. The molecular weight excluding hydrogens is 251 g/mol. The largest absolute Gasteiger partial charge is 0.236 e. The van der Waals surface area contributed by atoms with Crippen LogP contribution in [0.3, 0.4) is 0 Å². The number of hydrogen-bond acceptors (Lipinski definition) is 2. The number of hydrogen-bond donors (Lipinski definition) is 0. The van der Waals surface area contributed by atoms with Crippen LogP contribution < -0.4 is 0 Å². The smallest absolute Gasteiger partial charge is 0.107 e. The zero-order valence-corrected chi connectivity index (χ0v) is 9.71. The first-order valence-corrected chi connectivity index (χ1v) is 5.77. The van der Waals surface area contributed by atoms with Crippen molar-refractivity contribution in [1.82, 2.24) is 0 Å². The molecule has 2 aromatic carbocycles. The van der Waals surface area contributed by atoms with Gasteiger partial charge in [-0.2, -0.15) is 0 Å². The van der Waals surface area contributed by atoms with Crippen molar-refractivity contribution in [3.8, 4) is 0 Å². The van der Waals surface area contributed by atoms with E-state index in [0.717, 1.165) is 12.0 Å². The Balaban J connectivity index is 0.00000162. The van der Waals surface area contributed by atoms with Crippen LogP contribution in [0.5, 0.6) is 0 Å². The maximum Gasteiger partial charge on any atom is 0.107 e. The van der Waals surface area contributed by atoms with E-state index in [4.69, 9.17) is 9.78 Å². The molecule has 0 saturated carbocycles. The Kier molecular flexibility index (Phi) is 8.80. The van der Waals surface area contributed by atoms with E-state index in [1.54, 1.807) is 0 Å². The van der Waals surface area contributed by atoms with Gasteiger partial charge in [0.25, 0.3) is 0 Å². The minimum absolute atomic E-state index is 0. The van der Waals surface area contributed by atoms with E-state index in [1.807, 2.05) is 48.5 Å². The molecule has 0 aliphatic heterocycles. The first-order valence-electron chi connectivity index (χ1n) is 5.77. The molecule has 3 heteroatoms. The van der Waals surface area contributed by atoms with E-state index >= 15 is 0 Å². The molecule has 18 heavy (non-hydrogen) atoms. The minimum Gasteiger partial charge on any atom is -0.236 e. The fraction of sp³-hybridized carbons (Fsp3) is 0.200. The van der Waals surface area contributed by atoms with Crippen LogP contribution in [0.2, 0.25) is 0 Å². The van der Waals surface area contributed by atoms with E-state index in [0.29, 0.717) is 13.2 Å². The van der Waals surface area contributed by atoms with Crippen molar-refractivity contribution < 1.29 is 9.78 Å². The van der Waals surface area contributed by atoms with E-state index < -0.39 is 0 Å². The van der Waals surface area contributed by atoms with Gasteiger partial charge in [0.15, 0.2) is 0 Å². The Hall–Kier alpha value is -0.00364. The van der Waals surface area contributed by atoms with Gasteiger partial charge in [-0.05, 0) is 17.5 Å². The van der Waals surface area contributed by atoms with Crippen molar-refractivity contribution in [2.45, 2.75) is 13.0 Å². The van der Waals surface area contributed by atoms with Crippen LogP contribution in [0.25, 0.3) is 0 Å². The minimum atomic E-state index is 0. The Morgan fingerprint density at radius 1 is 0.667 bits per heavy atom. The molecule has 0 aliphatic carbocycles. The molecule has 0 atom stereocenters. The van der Waals surface area contributed by atoms with Crippen molar-refractivity contribution in [2.24, 2.45) is 0 Å². The molecule has 0 spiro atoms. The fourth-order valence-electron chi connectivity index (χ4n) is 1.55. The van der Waals surface area contributed by atoms with Crippen LogP contribution in [0.4, 0.5) is 0 Å². The zero-order chi connectivity index (χ0) is 11.8. The van der Waals surface area contributed by atoms with Crippen molar-refractivity contribution in [3.05, 3.63) is 71.8 Å². The van der Waals surface area contributed by atoms with Crippen LogP contribution in [-0.4, -0.2) is 58.0 Å². The molecule has 2 aromatic rings. The Morgan fingerprint density at radius 3 is 1.83 bits per heavy atom. The predicted octanol–water partition coefficient (Wildman–Crippen LogP) is 2.73. The SMILES string of the molecule is [KH].c1ccc(CCOOCc2ccccc2)cc1. The van der Waals surface area contributed by atoms with E-state index in [-0.39, 0.29) is 51.4 Å². The molecule has 0 heterocycles. The first kappa shape index (κ1) is 16.1. The van der Waals surface area contributed by atoms with Crippen LogP contribution >= 0.6 is 0 Å². The quantitative estimate of drug-likeness (QED) is 0.347. The van der Waals surface area contributed by atoms with Gasteiger partial charge in [-0.3, -0.25) is 0 Å². The van der Waals surface area contributed by atoms with Crippen molar-refractivity contribution >= 4 is 51.4 Å². The second kappa shape index (κ2) is 9.87. The topological polar surface area (TPSA) is 18.5 Å². The Morgan fingerprint density at radius 2 is 1.22 bits per heavy atom. The fourth-order valence-corrected chi connectivity index (χ4v) is 1.55. The molecule has 2 nitrogen and oxygen atoms in total. The summed E-state index contributed by atoms with van der Waals surface area (Å²) in [5.74, 6) is 0. The van der Waals surface area contributed by atoms with Gasteiger partial charge in [-0.25, -0.2) is 9.78 Å². The molecule has 0 aliphatic rings. The first-order chi connectivity index (χ1) is 8.45. The third kappa shape index (κ3) is 6.25. The summed E-state index contributed by atoms with van der Waals surface area (Å²) in [4.78, 5) is 10.3. The molecule has 2 rings (SSSR count). The van der Waals surface area contributed by atoms with Gasteiger partial charge >= 0.3 is 51.4 Å². The van der Waals surface area contributed by atoms with Crippen LogP contribution in [0, 0.1) is 0 Å². The average Bonchev–Trinajstić information content (AvgIpc) is 2.41. The molecular formula is C15H17KO2. The van der Waals surface area contributed by atoms with Crippen molar-refractivity contribution in [3.63, 3.8) is 0 Å². The summed E-state index contributed by atoms with van der Waals surface area (Å²) in [6, 6.07) is 20.2. The van der Waals surface area contributed by atoms with Gasteiger partial charge < -0.3 is 0 Å². The van der Waals surface area contributed by atoms with Gasteiger partial charge in [0.2, 0.25) is 0 Å². The zero-order valence-electron chi connectivity index (χ0n) is 9.71. The summed E-state index contributed by atoms with van der Waals surface area (Å²) in [5, 5.41) is 0. The summed E-state index contributed by atoms with van der Waals surface area (Å²) in [5.41, 5.74) is 2.38. The molecule has 90 valence electrons. The maximum absolute atomic E-state index is 5.14. The molecule has 0 fully saturated rings. The predicted molar refractivity (Wildman–Crippen MR) is 74.5 cm³/mol. The van der Waals surface area contributed by atoms with Gasteiger partial charge in [0.1, 0.15) is 6.61 Å². The molecule has 0 radical (unpaired) electrons. The number of rotatable bonds is 6. The van der Waals surface area contributed by atoms with Crippen LogP contribution in [0.1, 0.15) is 11.1 Å². The van der Waals surface area contributed by atoms with E-state index in [2.05, 4.69) is 12.1 Å². The molecule has 0 unspecified atom stereocenters. The molecule has 0 N–H and O–H groups in total. The summed E-state index contributed by atoms with van der Waals surface area (Å²) < 4.78 is 0. The third-order valence-electron chi connectivity index (χ3n) is 2.47. The standard InChI is InChI=1S/C15H16O2.K.H/c1-3-7-14(8-4-1)11-12-16-17-13-15-9-5-2-6-10-15;;/h1-10H,11-13H2;;. The van der Waals surface area contributed by atoms with Crippen molar-refractivity contribution in [1.29, 1.82) is 0 Å².